The van der Waals surface area contributed by atoms with Gasteiger partial charge in [-0.25, -0.2) is 4.79 Å². The molecule has 2 aromatic carbocycles. The normalized spacial score (nSPS) is 11.7. The van der Waals surface area contributed by atoms with Crippen LogP contribution in [0.15, 0.2) is 79.1 Å². The number of hydrogen-bond donors (Lipinski definition) is 0. The summed E-state index contributed by atoms with van der Waals surface area (Å²) in [7, 11) is 0. The summed E-state index contributed by atoms with van der Waals surface area (Å²) in [6.45, 7) is 6.50. The molecule has 0 bridgehead atoms. The lowest BCUT2D eigenvalue weighted by molar-refractivity contribution is -0.136. The van der Waals surface area contributed by atoms with Crippen LogP contribution in [0.1, 0.15) is 43.5 Å². The molecule has 0 aliphatic rings. The number of hydrogen-bond acceptors (Lipinski definition) is 4. The molecule has 0 saturated heterocycles. The summed E-state index contributed by atoms with van der Waals surface area (Å²) in [6.07, 6.45) is 5.34. The van der Waals surface area contributed by atoms with E-state index in [2.05, 4.69) is 54.1 Å². The minimum absolute atomic E-state index is 0.308. The SMILES string of the molecule is CCOC(=O)/C(=C/c1cccc(-c2cc(C(C)C)cc3cccnc23)c1)c1ccccn1. The number of carbonyl (C=O) groups excluding carboxylic acids is 1. The zero-order chi connectivity index (χ0) is 22.5. The molecule has 32 heavy (non-hydrogen) atoms. The number of benzene rings is 2. The van der Waals surface area contributed by atoms with Crippen LogP contribution < -0.4 is 0 Å². The second-order valence-corrected chi connectivity index (χ2v) is 7.92. The van der Waals surface area contributed by atoms with E-state index < -0.39 is 0 Å². The third kappa shape index (κ3) is 4.59. The van der Waals surface area contributed by atoms with Gasteiger partial charge in [0.25, 0.3) is 0 Å². The molecule has 0 radical (unpaired) electrons. The van der Waals surface area contributed by atoms with Gasteiger partial charge >= 0.3 is 5.97 Å². The first-order valence-electron chi connectivity index (χ1n) is 10.9. The summed E-state index contributed by atoms with van der Waals surface area (Å²) in [5.41, 5.74) is 6.28. The molecule has 4 heteroatoms. The van der Waals surface area contributed by atoms with Crippen molar-refractivity contribution in [3.63, 3.8) is 0 Å². The number of rotatable bonds is 6. The Morgan fingerprint density at radius 1 is 0.969 bits per heavy atom. The van der Waals surface area contributed by atoms with Crippen LogP contribution in [0.3, 0.4) is 0 Å². The molecule has 0 fully saturated rings. The lowest BCUT2D eigenvalue weighted by Gasteiger charge is -2.13. The fourth-order valence-corrected chi connectivity index (χ4v) is 3.70. The highest BCUT2D eigenvalue weighted by Crippen LogP contribution is 2.32. The van der Waals surface area contributed by atoms with Gasteiger partial charge in [-0.15, -0.1) is 0 Å². The van der Waals surface area contributed by atoms with E-state index in [1.54, 1.807) is 13.1 Å². The van der Waals surface area contributed by atoms with Gasteiger partial charge in [0.1, 0.15) is 0 Å². The second-order valence-electron chi connectivity index (χ2n) is 7.92. The fourth-order valence-electron chi connectivity index (χ4n) is 3.70. The van der Waals surface area contributed by atoms with E-state index in [1.165, 1.54) is 5.56 Å². The molecule has 2 heterocycles. The number of esters is 1. The Bertz CT molecular complexity index is 1280. The molecule has 0 atom stereocenters. The van der Waals surface area contributed by atoms with Crippen LogP contribution in [-0.2, 0) is 9.53 Å². The van der Waals surface area contributed by atoms with Crippen LogP contribution in [0.5, 0.6) is 0 Å². The van der Waals surface area contributed by atoms with E-state index in [4.69, 9.17) is 4.74 Å². The maximum absolute atomic E-state index is 12.7. The summed E-state index contributed by atoms with van der Waals surface area (Å²) in [4.78, 5) is 21.7. The Hall–Kier alpha value is -3.79. The predicted molar refractivity (Wildman–Crippen MR) is 130 cm³/mol. The van der Waals surface area contributed by atoms with Crippen molar-refractivity contribution in [3.8, 4) is 11.1 Å². The second kappa shape index (κ2) is 9.56. The number of aromatic nitrogens is 2. The lowest BCUT2D eigenvalue weighted by Crippen LogP contribution is -2.07. The average molecular weight is 423 g/mol. The molecule has 0 N–H and O–H groups in total. The van der Waals surface area contributed by atoms with Crippen molar-refractivity contribution in [1.82, 2.24) is 9.97 Å². The van der Waals surface area contributed by atoms with Crippen molar-refractivity contribution in [2.75, 3.05) is 6.61 Å². The van der Waals surface area contributed by atoms with Crippen LogP contribution >= 0.6 is 0 Å². The first-order valence-corrected chi connectivity index (χ1v) is 10.9. The molecular weight excluding hydrogens is 396 g/mol. The monoisotopic (exact) mass is 422 g/mol. The van der Waals surface area contributed by atoms with Crippen molar-refractivity contribution >= 4 is 28.5 Å². The summed E-state index contributed by atoms with van der Waals surface area (Å²) in [6, 6.07) is 22.1. The maximum Gasteiger partial charge on any atom is 0.340 e. The van der Waals surface area contributed by atoms with Crippen molar-refractivity contribution in [3.05, 3.63) is 95.9 Å². The smallest absolute Gasteiger partial charge is 0.340 e. The van der Waals surface area contributed by atoms with Crippen molar-refractivity contribution in [2.45, 2.75) is 26.7 Å². The third-order valence-electron chi connectivity index (χ3n) is 5.34. The first-order chi connectivity index (χ1) is 15.6. The largest absolute Gasteiger partial charge is 0.462 e. The van der Waals surface area contributed by atoms with Gasteiger partial charge in [0.05, 0.1) is 23.4 Å². The molecule has 0 aliphatic heterocycles. The zero-order valence-electron chi connectivity index (χ0n) is 18.6. The Balaban J connectivity index is 1.84. The standard InChI is InChI=1S/C28H26N2O2/c1-4-32-28(31)25(26-12-5-6-13-29-26)16-20-9-7-10-21(15-20)24-18-23(19(2)3)17-22-11-8-14-30-27(22)24/h5-19H,4H2,1-3H3/b25-16+. The van der Waals surface area contributed by atoms with E-state index >= 15 is 0 Å². The van der Waals surface area contributed by atoms with Gasteiger partial charge in [0.2, 0.25) is 0 Å². The molecular formula is C28H26N2O2. The molecule has 160 valence electrons. The van der Waals surface area contributed by atoms with Gasteiger partial charge in [-0.2, -0.15) is 0 Å². The number of pyridine rings is 2. The van der Waals surface area contributed by atoms with E-state index in [0.717, 1.165) is 27.6 Å². The van der Waals surface area contributed by atoms with Gasteiger partial charge in [0, 0.05) is 23.3 Å². The number of fused-ring (bicyclic) bond motifs is 1. The van der Waals surface area contributed by atoms with Crippen molar-refractivity contribution in [1.29, 1.82) is 0 Å². The van der Waals surface area contributed by atoms with Gasteiger partial charge in [-0.1, -0.05) is 44.2 Å². The maximum atomic E-state index is 12.7. The summed E-state index contributed by atoms with van der Waals surface area (Å²) in [5.74, 6) is 0.0199. The van der Waals surface area contributed by atoms with Crippen LogP contribution in [0, 0.1) is 0 Å². The molecule has 0 spiro atoms. The molecule has 0 saturated carbocycles. The van der Waals surface area contributed by atoms with E-state index in [0.29, 0.717) is 23.8 Å². The Morgan fingerprint density at radius 2 is 1.81 bits per heavy atom. The van der Waals surface area contributed by atoms with Crippen LogP contribution in [0.25, 0.3) is 33.7 Å². The van der Waals surface area contributed by atoms with Crippen LogP contribution in [0.2, 0.25) is 0 Å². The Labute approximate surface area is 188 Å². The van der Waals surface area contributed by atoms with E-state index in [-0.39, 0.29) is 5.97 Å². The molecule has 0 amide bonds. The van der Waals surface area contributed by atoms with Crippen molar-refractivity contribution < 1.29 is 9.53 Å². The van der Waals surface area contributed by atoms with E-state index in [9.17, 15) is 4.79 Å². The zero-order valence-corrected chi connectivity index (χ0v) is 18.6. The molecule has 0 unspecified atom stereocenters. The van der Waals surface area contributed by atoms with Crippen LogP contribution in [-0.4, -0.2) is 22.5 Å². The number of ether oxygens (including phenoxy) is 1. The molecule has 2 aromatic heterocycles. The topological polar surface area (TPSA) is 52.1 Å². The van der Waals surface area contributed by atoms with Crippen LogP contribution in [0.4, 0.5) is 0 Å². The first kappa shape index (κ1) is 21.4. The van der Waals surface area contributed by atoms with Crippen molar-refractivity contribution in [2.24, 2.45) is 0 Å². The predicted octanol–water partition coefficient (Wildman–Crippen LogP) is 6.52. The highest BCUT2D eigenvalue weighted by Gasteiger charge is 2.15. The minimum Gasteiger partial charge on any atom is -0.462 e. The molecule has 4 rings (SSSR count). The number of nitrogens with zero attached hydrogens (tertiary/aromatic N) is 2. The third-order valence-corrected chi connectivity index (χ3v) is 5.34. The lowest BCUT2D eigenvalue weighted by atomic mass is 9.93. The molecule has 4 aromatic rings. The molecule has 4 nitrogen and oxygen atoms in total. The minimum atomic E-state index is -0.384. The number of carbonyl (C=O) groups is 1. The highest BCUT2D eigenvalue weighted by molar-refractivity contribution is 6.21. The van der Waals surface area contributed by atoms with Gasteiger partial charge in [0.15, 0.2) is 0 Å². The summed E-state index contributed by atoms with van der Waals surface area (Å²) < 4.78 is 5.29. The van der Waals surface area contributed by atoms with Gasteiger partial charge in [-0.05, 0) is 72.0 Å². The van der Waals surface area contributed by atoms with Gasteiger partial charge in [-0.3, -0.25) is 9.97 Å². The Kier molecular flexibility index (Phi) is 6.41. The summed E-state index contributed by atoms with van der Waals surface area (Å²) >= 11 is 0. The average Bonchev–Trinajstić information content (AvgIpc) is 2.82. The van der Waals surface area contributed by atoms with Gasteiger partial charge < -0.3 is 4.74 Å². The quantitative estimate of drug-likeness (QED) is 0.262. The highest BCUT2D eigenvalue weighted by atomic mass is 16.5. The fraction of sp³-hybridized carbons (Fsp3) is 0.179. The Morgan fingerprint density at radius 3 is 2.56 bits per heavy atom. The summed E-state index contributed by atoms with van der Waals surface area (Å²) in [5, 5.41) is 1.12. The molecule has 0 aliphatic carbocycles. The van der Waals surface area contributed by atoms with E-state index in [1.807, 2.05) is 48.7 Å².